The second-order valence-corrected chi connectivity index (χ2v) is 10.2. The molecule has 11 heteroatoms. The van der Waals surface area contributed by atoms with E-state index in [4.69, 9.17) is 21.1 Å². The van der Waals surface area contributed by atoms with Crippen molar-refractivity contribution in [2.75, 3.05) is 64.5 Å². The molecule has 2 aliphatic rings. The van der Waals surface area contributed by atoms with Crippen molar-refractivity contribution in [3.05, 3.63) is 47.1 Å². The van der Waals surface area contributed by atoms with E-state index in [0.717, 1.165) is 5.82 Å². The molecule has 2 saturated heterocycles. The Morgan fingerprint density at radius 2 is 1.85 bits per heavy atom. The molecule has 2 fully saturated rings. The van der Waals surface area contributed by atoms with Crippen LogP contribution in [0.5, 0.6) is 5.75 Å². The third-order valence-corrected chi connectivity index (χ3v) is 8.06. The second kappa shape index (κ2) is 10.3. The molecule has 2 aromatic rings. The Bertz CT molecular complexity index is 1100. The van der Waals surface area contributed by atoms with Gasteiger partial charge in [0.05, 0.1) is 31.8 Å². The lowest BCUT2D eigenvalue weighted by Crippen LogP contribution is -2.49. The number of anilines is 1. The summed E-state index contributed by atoms with van der Waals surface area (Å²) in [6.45, 7) is 3.63. The molecular formula is C22H27ClN4O5S. The van der Waals surface area contributed by atoms with Gasteiger partial charge in [-0.05, 0) is 29.8 Å². The second-order valence-electron chi connectivity index (χ2n) is 7.86. The summed E-state index contributed by atoms with van der Waals surface area (Å²) in [6.07, 6.45) is 1.81. The Kier molecular flexibility index (Phi) is 7.38. The molecule has 3 heterocycles. The van der Waals surface area contributed by atoms with Crippen LogP contribution in [-0.2, 0) is 26.0 Å². The number of amides is 1. The quantitative estimate of drug-likeness (QED) is 0.603. The average molecular weight is 495 g/mol. The molecule has 0 bridgehead atoms. The van der Waals surface area contributed by atoms with Crippen molar-refractivity contribution in [3.8, 4) is 5.75 Å². The fourth-order valence-electron chi connectivity index (χ4n) is 4.02. The van der Waals surface area contributed by atoms with Crippen LogP contribution >= 0.6 is 11.6 Å². The Morgan fingerprint density at radius 1 is 1.12 bits per heavy atom. The van der Waals surface area contributed by atoms with Gasteiger partial charge >= 0.3 is 0 Å². The maximum Gasteiger partial charge on any atom is 0.246 e. The summed E-state index contributed by atoms with van der Waals surface area (Å²) in [5.74, 6) is 0.930. The van der Waals surface area contributed by atoms with Crippen LogP contribution in [0.4, 0.5) is 5.82 Å². The normalized spacial score (nSPS) is 17.8. The molecule has 1 aromatic heterocycles. The first-order chi connectivity index (χ1) is 15.9. The first kappa shape index (κ1) is 23.7. The van der Waals surface area contributed by atoms with Gasteiger partial charge in [-0.15, -0.1) is 0 Å². The van der Waals surface area contributed by atoms with Crippen molar-refractivity contribution >= 4 is 33.3 Å². The zero-order valence-corrected chi connectivity index (χ0v) is 20.0. The summed E-state index contributed by atoms with van der Waals surface area (Å²) in [7, 11) is -2.32. The van der Waals surface area contributed by atoms with Crippen molar-refractivity contribution in [3.63, 3.8) is 0 Å². The number of methoxy groups -OCH3 is 1. The maximum absolute atomic E-state index is 13.2. The maximum atomic E-state index is 13.2. The summed E-state index contributed by atoms with van der Waals surface area (Å²) in [4.78, 5) is 21.2. The molecule has 0 N–H and O–H groups in total. The highest BCUT2D eigenvalue weighted by Gasteiger charge is 2.30. The van der Waals surface area contributed by atoms with Crippen LogP contribution in [-0.4, -0.2) is 88.1 Å². The summed E-state index contributed by atoms with van der Waals surface area (Å²) in [5, 5.41) is 0.588. The Labute approximate surface area is 198 Å². The van der Waals surface area contributed by atoms with Crippen LogP contribution in [0.25, 0.3) is 0 Å². The number of hydrogen-bond donors (Lipinski definition) is 0. The Morgan fingerprint density at radius 3 is 2.52 bits per heavy atom. The van der Waals surface area contributed by atoms with Gasteiger partial charge in [0.1, 0.15) is 16.5 Å². The smallest absolute Gasteiger partial charge is 0.246 e. The highest BCUT2D eigenvalue weighted by molar-refractivity contribution is 7.89. The van der Waals surface area contributed by atoms with Gasteiger partial charge in [0.25, 0.3) is 0 Å². The van der Waals surface area contributed by atoms with E-state index in [1.165, 1.54) is 11.4 Å². The minimum absolute atomic E-state index is 0.0540. The number of carbonyl (C=O) groups excluding carboxylic acids is 1. The molecule has 4 rings (SSSR count). The van der Waals surface area contributed by atoms with Crippen LogP contribution in [0, 0.1) is 0 Å². The van der Waals surface area contributed by atoms with Crippen molar-refractivity contribution in [2.45, 2.75) is 11.3 Å². The third kappa shape index (κ3) is 5.24. The average Bonchev–Trinajstić information content (AvgIpc) is 2.85. The molecule has 1 aromatic carbocycles. The van der Waals surface area contributed by atoms with Gasteiger partial charge < -0.3 is 19.3 Å². The number of halogens is 1. The zero-order chi connectivity index (χ0) is 23.4. The molecular weight excluding hydrogens is 468 g/mol. The molecule has 2 aliphatic heterocycles. The molecule has 0 spiro atoms. The molecule has 1 amide bonds. The molecule has 0 saturated carbocycles. The van der Waals surface area contributed by atoms with Crippen LogP contribution in [0.15, 0.2) is 41.4 Å². The highest BCUT2D eigenvalue weighted by Crippen LogP contribution is 2.29. The van der Waals surface area contributed by atoms with E-state index in [1.54, 1.807) is 41.4 Å². The first-order valence-corrected chi connectivity index (χ1v) is 12.6. The number of morpholine rings is 1. The predicted octanol–water partition coefficient (Wildman–Crippen LogP) is 1.66. The monoisotopic (exact) mass is 494 g/mol. The topological polar surface area (TPSA) is 92.3 Å². The Hall–Kier alpha value is -2.40. The van der Waals surface area contributed by atoms with Gasteiger partial charge in [-0.1, -0.05) is 17.7 Å². The number of nitrogens with zero attached hydrogens (tertiary/aromatic N) is 4. The molecule has 33 heavy (non-hydrogen) atoms. The lowest BCUT2D eigenvalue weighted by Gasteiger charge is -2.35. The highest BCUT2D eigenvalue weighted by atomic mass is 35.5. The zero-order valence-electron chi connectivity index (χ0n) is 18.4. The van der Waals surface area contributed by atoms with Crippen molar-refractivity contribution < 1.29 is 22.7 Å². The van der Waals surface area contributed by atoms with Crippen LogP contribution in [0.3, 0.4) is 0 Å². The van der Waals surface area contributed by atoms with Gasteiger partial charge in [-0.3, -0.25) is 4.79 Å². The van der Waals surface area contributed by atoms with Gasteiger partial charge in [-0.25, -0.2) is 13.4 Å². The van der Waals surface area contributed by atoms with E-state index < -0.39 is 10.0 Å². The largest absolute Gasteiger partial charge is 0.495 e. The summed E-state index contributed by atoms with van der Waals surface area (Å²) < 4.78 is 38.3. The van der Waals surface area contributed by atoms with Crippen LogP contribution < -0.4 is 9.64 Å². The minimum Gasteiger partial charge on any atom is -0.495 e. The van der Waals surface area contributed by atoms with Crippen LogP contribution in [0.1, 0.15) is 5.56 Å². The van der Waals surface area contributed by atoms with E-state index in [0.29, 0.717) is 63.1 Å². The fraction of sp³-hybridized carbons (Fsp3) is 0.455. The molecule has 178 valence electrons. The Balaban J connectivity index is 1.44. The first-order valence-electron chi connectivity index (χ1n) is 10.8. The predicted molar refractivity (Wildman–Crippen MR) is 124 cm³/mol. The molecule has 0 aliphatic carbocycles. The molecule has 0 radical (unpaired) electrons. The van der Waals surface area contributed by atoms with Gasteiger partial charge in [0.2, 0.25) is 15.9 Å². The number of ether oxygens (including phenoxy) is 2. The van der Waals surface area contributed by atoms with E-state index in [1.807, 2.05) is 0 Å². The van der Waals surface area contributed by atoms with E-state index >= 15 is 0 Å². The van der Waals surface area contributed by atoms with Gasteiger partial charge in [0.15, 0.2) is 0 Å². The molecule has 9 nitrogen and oxygen atoms in total. The third-order valence-electron chi connectivity index (χ3n) is 5.84. The number of carbonyl (C=O) groups is 1. The SMILES string of the molecule is COc1ccc(CC(=O)N2CCN(c3ncccc3Cl)CC2)cc1S(=O)(=O)N1CCOCC1. The van der Waals surface area contributed by atoms with Crippen LogP contribution in [0.2, 0.25) is 5.02 Å². The van der Waals surface area contributed by atoms with E-state index in [-0.39, 0.29) is 23.0 Å². The standard InChI is InChI=1S/C22H27ClN4O5S/c1-31-19-5-4-17(15-20(19)33(29,30)27-11-13-32-14-12-27)16-21(28)25-7-9-26(10-8-25)22-18(23)3-2-6-24-22/h2-6,15H,7-14,16H2,1H3. The number of piperazine rings is 1. The van der Waals surface area contributed by atoms with Gasteiger partial charge in [0, 0.05) is 45.5 Å². The summed E-state index contributed by atoms with van der Waals surface area (Å²) in [5.41, 5.74) is 0.628. The van der Waals surface area contributed by atoms with Crippen molar-refractivity contribution in [1.82, 2.24) is 14.2 Å². The summed E-state index contributed by atoms with van der Waals surface area (Å²) in [6, 6.07) is 8.48. The number of rotatable bonds is 6. The number of hydrogen-bond acceptors (Lipinski definition) is 7. The number of sulfonamides is 1. The lowest BCUT2D eigenvalue weighted by molar-refractivity contribution is -0.130. The minimum atomic E-state index is -3.75. The number of aromatic nitrogens is 1. The fourth-order valence-corrected chi connectivity index (χ4v) is 5.88. The summed E-state index contributed by atoms with van der Waals surface area (Å²) >= 11 is 6.24. The molecule has 0 unspecified atom stereocenters. The van der Waals surface area contributed by atoms with Gasteiger partial charge in [-0.2, -0.15) is 4.31 Å². The molecule has 0 atom stereocenters. The van der Waals surface area contributed by atoms with Crippen molar-refractivity contribution in [2.24, 2.45) is 0 Å². The van der Waals surface area contributed by atoms with Crippen molar-refractivity contribution in [1.29, 1.82) is 0 Å². The number of pyridine rings is 1. The van der Waals surface area contributed by atoms with E-state index in [9.17, 15) is 13.2 Å². The number of benzene rings is 1. The van der Waals surface area contributed by atoms with E-state index in [2.05, 4.69) is 9.88 Å². The lowest BCUT2D eigenvalue weighted by atomic mass is 10.1.